The van der Waals surface area contributed by atoms with E-state index in [-0.39, 0.29) is 12.1 Å². The molecule has 0 aromatic rings. The van der Waals surface area contributed by atoms with Crippen LogP contribution in [0.4, 0.5) is 4.79 Å². The Labute approximate surface area is 74.5 Å². The van der Waals surface area contributed by atoms with Gasteiger partial charge in [0.1, 0.15) is 5.60 Å². The molecular formula is C9H18NO2. The SMILES string of the molecule is [CH2]CC(C)NC(=O)OC(C)(C)C. The van der Waals surface area contributed by atoms with Gasteiger partial charge in [-0.2, -0.15) is 0 Å². The van der Waals surface area contributed by atoms with Gasteiger partial charge in [0, 0.05) is 6.04 Å². The van der Waals surface area contributed by atoms with E-state index in [9.17, 15) is 4.79 Å². The molecule has 0 aliphatic rings. The highest BCUT2D eigenvalue weighted by molar-refractivity contribution is 5.67. The summed E-state index contributed by atoms with van der Waals surface area (Å²) in [5.74, 6) is 0. The highest BCUT2D eigenvalue weighted by Crippen LogP contribution is 2.06. The largest absolute Gasteiger partial charge is 0.444 e. The number of rotatable bonds is 2. The first-order chi connectivity index (χ1) is 5.35. The van der Waals surface area contributed by atoms with Gasteiger partial charge in [-0.1, -0.05) is 6.92 Å². The Kier molecular flexibility index (Phi) is 4.07. The summed E-state index contributed by atoms with van der Waals surface area (Å²) in [5, 5.41) is 2.66. The number of carbonyl (C=O) groups is 1. The highest BCUT2D eigenvalue weighted by atomic mass is 16.6. The maximum Gasteiger partial charge on any atom is 0.407 e. The Morgan fingerprint density at radius 1 is 1.58 bits per heavy atom. The van der Waals surface area contributed by atoms with Crippen LogP contribution in [0.5, 0.6) is 0 Å². The van der Waals surface area contributed by atoms with E-state index in [0.717, 1.165) is 0 Å². The minimum Gasteiger partial charge on any atom is -0.444 e. The Morgan fingerprint density at radius 3 is 2.42 bits per heavy atom. The fourth-order valence-electron chi connectivity index (χ4n) is 0.581. The average Bonchev–Trinajstić information content (AvgIpc) is 1.82. The molecule has 0 spiro atoms. The molecule has 1 N–H and O–H groups in total. The molecule has 12 heavy (non-hydrogen) atoms. The van der Waals surface area contributed by atoms with Crippen LogP contribution < -0.4 is 5.32 Å². The molecule has 0 aliphatic heterocycles. The van der Waals surface area contributed by atoms with Crippen molar-refractivity contribution in [3.63, 3.8) is 0 Å². The molecule has 3 nitrogen and oxygen atoms in total. The molecule has 71 valence electrons. The van der Waals surface area contributed by atoms with E-state index in [1.807, 2.05) is 27.7 Å². The van der Waals surface area contributed by atoms with Gasteiger partial charge < -0.3 is 10.1 Å². The van der Waals surface area contributed by atoms with Crippen LogP contribution in [0.15, 0.2) is 0 Å². The predicted molar refractivity (Wildman–Crippen MR) is 48.8 cm³/mol. The first kappa shape index (κ1) is 11.3. The van der Waals surface area contributed by atoms with Crippen molar-refractivity contribution < 1.29 is 9.53 Å². The summed E-state index contributed by atoms with van der Waals surface area (Å²) >= 11 is 0. The molecule has 0 fully saturated rings. The van der Waals surface area contributed by atoms with Crippen LogP contribution in [-0.2, 0) is 4.74 Å². The summed E-state index contributed by atoms with van der Waals surface area (Å²) in [5.41, 5.74) is -0.426. The normalized spacial score (nSPS) is 13.8. The van der Waals surface area contributed by atoms with Crippen LogP contribution in [0, 0.1) is 6.92 Å². The molecule has 0 heterocycles. The molecular weight excluding hydrogens is 154 g/mol. The summed E-state index contributed by atoms with van der Waals surface area (Å²) in [6, 6.07) is 0.0693. The van der Waals surface area contributed by atoms with E-state index in [1.165, 1.54) is 0 Å². The second-order valence-corrected chi connectivity index (χ2v) is 3.84. The molecule has 0 aromatic carbocycles. The van der Waals surface area contributed by atoms with Gasteiger partial charge in [-0.05, 0) is 34.1 Å². The third-order valence-corrected chi connectivity index (χ3v) is 1.20. The van der Waals surface area contributed by atoms with Gasteiger partial charge in [0.25, 0.3) is 0 Å². The van der Waals surface area contributed by atoms with Crippen molar-refractivity contribution in [2.75, 3.05) is 0 Å². The van der Waals surface area contributed by atoms with Gasteiger partial charge in [0.15, 0.2) is 0 Å². The zero-order valence-corrected chi connectivity index (χ0v) is 8.31. The molecule has 1 radical (unpaired) electrons. The van der Waals surface area contributed by atoms with Crippen molar-refractivity contribution in [2.45, 2.75) is 45.8 Å². The van der Waals surface area contributed by atoms with Gasteiger partial charge in [-0.3, -0.25) is 0 Å². The second-order valence-electron chi connectivity index (χ2n) is 3.84. The zero-order valence-electron chi connectivity index (χ0n) is 8.31. The van der Waals surface area contributed by atoms with E-state index in [2.05, 4.69) is 12.2 Å². The number of hydrogen-bond donors (Lipinski definition) is 1. The van der Waals surface area contributed by atoms with E-state index >= 15 is 0 Å². The number of nitrogens with one attached hydrogen (secondary N) is 1. The van der Waals surface area contributed by atoms with E-state index in [4.69, 9.17) is 4.74 Å². The second kappa shape index (κ2) is 4.33. The summed E-state index contributed by atoms with van der Waals surface area (Å²) < 4.78 is 5.03. The standard InChI is InChI=1S/C9H18NO2/c1-6-7(2)10-8(11)12-9(3,4)5/h7H,1,6H2,2-5H3,(H,10,11). The number of amides is 1. The molecule has 0 aliphatic carbocycles. The Morgan fingerprint density at radius 2 is 2.08 bits per heavy atom. The van der Waals surface area contributed by atoms with E-state index in [1.54, 1.807) is 0 Å². The lowest BCUT2D eigenvalue weighted by Crippen LogP contribution is -2.37. The minimum absolute atomic E-state index is 0.0693. The van der Waals surface area contributed by atoms with Crippen molar-refractivity contribution >= 4 is 6.09 Å². The van der Waals surface area contributed by atoms with Crippen molar-refractivity contribution in [2.24, 2.45) is 0 Å². The fraction of sp³-hybridized carbons (Fsp3) is 0.778. The van der Waals surface area contributed by atoms with Gasteiger partial charge in [0.05, 0.1) is 0 Å². The smallest absolute Gasteiger partial charge is 0.407 e. The monoisotopic (exact) mass is 172 g/mol. The van der Waals surface area contributed by atoms with E-state index in [0.29, 0.717) is 6.42 Å². The van der Waals surface area contributed by atoms with Gasteiger partial charge in [-0.15, -0.1) is 0 Å². The molecule has 1 amide bonds. The summed E-state index contributed by atoms with van der Waals surface area (Å²) in [7, 11) is 0. The van der Waals surface area contributed by atoms with Gasteiger partial charge >= 0.3 is 6.09 Å². The lowest BCUT2D eigenvalue weighted by atomic mass is 10.2. The molecule has 1 unspecified atom stereocenters. The van der Waals surface area contributed by atoms with Crippen LogP contribution in [0.1, 0.15) is 34.1 Å². The molecule has 3 heteroatoms. The molecule has 0 saturated carbocycles. The van der Waals surface area contributed by atoms with Crippen molar-refractivity contribution in [1.29, 1.82) is 0 Å². The third-order valence-electron chi connectivity index (χ3n) is 1.20. The van der Waals surface area contributed by atoms with Crippen LogP contribution in [0.2, 0.25) is 0 Å². The van der Waals surface area contributed by atoms with Crippen molar-refractivity contribution in [3.05, 3.63) is 6.92 Å². The Hall–Kier alpha value is -0.730. The van der Waals surface area contributed by atoms with Crippen molar-refractivity contribution in [1.82, 2.24) is 5.32 Å². The first-order valence-corrected chi connectivity index (χ1v) is 4.14. The summed E-state index contributed by atoms with van der Waals surface area (Å²) in [6.07, 6.45) is 0.290. The van der Waals surface area contributed by atoms with Gasteiger partial charge in [-0.25, -0.2) is 4.79 Å². The van der Waals surface area contributed by atoms with Crippen LogP contribution >= 0.6 is 0 Å². The first-order valence-electron chi connectivity index (χ1n) is 4.14. The van der Waals surface area contributed by atoms with Gasteiger partial charge in [0.2, 0.25) is 0 Å². The number of alkyl carbamates (subject to hydrolysis) is 1. The third kappa shape index (κ3) is 6.01. The minimum atomic E-state index is -0.426. The molecule has 0 bridgehead atoms. The van der Waals surface area contributed by atoms with Crippen LogP contribution in [0.25, 0.3) is 0 Å². The number of hydrogen-bond acceptors (Lipinski definition) is 2. The Bertz CT molecular complexity index is 149. The average molecular weight is 172 g/mol. The Balaban J connectivity index is 3.75. The van der Waals surface area contributed by atoms with E-state index < -0.39 is 5.60 Å². The zero-order chi connectivity index (χ0) is 9.78. The fourth-order valence-corrected chi connectivity index (χ4v) is 0.581. The quantitative estimate of drug-likeness (QED) is 0.693. The number of ether oxygens (including phenoxy) is 1. The van der Waals surface area contributed by atoms with Crippen LogP contribution in [-0.4, -0.2) is 17.7 Å². The lowest BCUT2D eigenvalue weighted by Gasteiger charge is -2.21. The summed E-state index contributed by atoms with van der Waals surface area (Å²) in [6.45, 7) is 11.1. The topological polar surface area (TPSA) is 38.3 Å². The molecule has 0 rings (SSSR count). The van der Waals surface area contributed by atoms with Crippen molar-refractivity contribution in [3.8, 4) is 0 Å². The molecule has 0 saturated heterocycles. The lowest BCUT2D eigenvalue weighted by molar-refractivity contribution is 0.0509. The summed E-state index contributed by atoms with van der Waals surface area (Å²) in [4.78, 5) is 11.1. The maximum atomic E-state index is 11.1. The molecule has 0 aromatic heterocycles. The van der Waals surface area contributed by atoms with Crippen LogP contribution in [0.3, 0.4) is 0 Å². The maximum absolute atomic E-state index is 11.1. The highest BCUT2D eigenvalue weighted by Gasteiger charge is 2.16. The number of carbonyl (C=O) groups excluding carboxylic acids is 1. The predicted octanol–water partition coefficient (Wildman–Crippen LogP) is 2.12. The molecule has 1 atom stereocenters.